The van der Waals surface area contributed by atoms with E-state index in [4.69, 9.17) is 0 Å². The van der Waals surface area contributed by atoms with Crippen LogP contribution < -0.4 is 10.2 Å². The van der Waals surface area contributed by atoms with E-state index in [0.717, 1.165) is 29.2 Å². The summed E-state index contributed by atoms with van der Waals surface area (Å²) in [7, 11) is 0. The molecule has 0 spiro atoms. The molecule has 0 unspecified atom stereocenters. The van der Waals surface area contributed by atoms with Gasteiger partial charge in [-0.3, -0.25) is 9.59 Å². The van der Waals surface area contributed by atoms with Crippen LogP contribution in [-0.4, -0.2) is 11.8 Å². The van der Waals surface area contributed by atoms with Crippen LogP contribution in [0.3, 0.4) is 0 Å². The fourth-order valence-corrected chi connectivity index (χ4v) is 3.77. The Hall–Kier alpha value is -3.46. The maximum absolute atomic E-state index is 13.2. The van der Waals surface area contributed by atoms with Gasteiger partial charge in [0.05, 0.1) is 16.8 Å². The summed E-state index contributed by atoms with van der Waals surface area (Å²) in [5.74, 6) is -1.84. The smallest absolute Gasteiger partial charge is 0.350 e. The molecule has 0 fully saturated rings. The van der Waals surface area contributed by atoms with Gasteiger partial charge >= 0.3 is 6.18 Å². The average Bonchev–Trinajstić information content (AvgIpc) is 3.30. The first kappa shape index (κ1) is 19.8. The largest absolute Gasteiger partial charge is 0.416 e. The van der Waals surface area contributed by atoms with Gasteiger partial charge in [-0.15, -0.1) is 11.3 Å². The lowest BCUT2D eigenvalue weighted by molar-refractivity contribution is -0.137. The highest BCUT2D eigenvalue weighted by molar-refractivity contribution is 7.11. The van der Waals surface area contributed by atoms with Gasteiger partial charge in [0.1, 0.15) is 11.5 Å². The minimum atomic E-state index is -4.53. The molecule has 9 heteroatoms. The molecule has 2 aromatic carbocycles. The van der Waals surface area contributed by atoms with Crippen LogP contribution in [0.5, 0.6) is 0 Å². The summed E-state index contributed by atoms with van der Waals surface area (Å²) in [6.07, 6.45) is -4.53. The Morgan fingerprint density at radius 2 is 1.53 bits per heavy atom. The van der Waals surface area contributed by atoms with E-state index in [0.29, 0.717) is 10.6 Å². The number of hydrogen-bond acceptors (Lipinski definition) is 4. The van der Waals surface area contributed by atoms with Gasteiger partial charge < -0.3 is 5.32 Å². The molecule has 0 saturated carbocycles. The summed E-state index contributed by atoms with van der Waals surface area (Å²) in [5.41, 5.74) is -0.423. The standard InChI is InChI=1S/C21H12F4N2O2S/c22-13-5-7-14(8-6-13)26-18-17(16-2-1-11-30-16)19(28)27(20(18)29)15-9-3-12(4-10-15)21(23,24)25/h1-11,26H. The van der Waals surface area contributed by atoms with Crippen LogP contribution in [0.1, 0.15) is 10.4 Å². The molecule has 4 rings (SSSR count). The Labute approximate surface area is 172 Å². The van der Waals surface area contributed by atoms with Gasteiger partial charge in [-0.2, -0.15) is 13.2 Å². The molecule has 0 bridgehead atoms. The van der Waals surface area contributed by atoms with Crippen molar-refractivity contribution in [1.82, 2.24) is 0 Å². The number of benzene rings is 2. The number of anilines is 2. The molecule has 0 saturated heterocycles. The highest BCUT2D eigenvalue weighted by Crippen LogP contribution is 2.37. The first-order valence-corrected chi connectivity index (χ1v) is 9.50. The quantitative estimate of drug-likeness (QED) is 0.450. The van der Waals surface area contributed by atoms with Crippen molar-refractivity contribution in [3.05, 3.63) is 88.0 Å². The number of nitrogens with zero attached hydrogens (tertiary/aromatic N) is 1. The molecule has 0 radical (unpaired) electrons. The first-order valence-electron chi connectivity index (χ1n) is 8.62. The molecule has 4 nitrogen and oxygen atoms in total. The average molecular weight is 432 g/mol. The number of rotatable bonds is 4. The number of carbonyl (C=O) groups excluding carboxylic acids is 2. The van der Waals surface area contributed by atoms with E-state index in [-0.39, 0.29) is 17.0 Å². The second kappa shape index (κ2) is 7.42. The van der Waals surface area contributed by atoms with Crippen molar-refractivity contribution in [1.29, 1.82) is 0 Å². The van der Waals surface area contributed by atoms with Gasteiger partial charge in [0.2, 0.25) is 0 Å². The van der Waals surface area contributed by atoms with Crippen LogP contribution in [0.2, 0.25) is 0 Å². The molecular formula is C21H12F4N2O2S. The summed E-state index contributed by atoms with van der Waals surface area (Å²) < 4.78 is 51.7. The van der Waals surface area contributed by atoms with Crippen LogP contribution >= 0.6 is 11.3 Å². The second-order valence-corrected chi connectivity index (χ2v) is 7.30. The number of alkyl halides is 3. The molecule has 2 heterocycles. The fourth-order valence-electron chi connectivity index (χ4n) is 3.01. The maximum atomic E-state index is 13.2. The summed E-state index contributed by atoms with van der Waals surface area (Å²) in [6, 6.07) is 12.4. The van der Waals surface area contributed by atoms with Crippen LogP contribution in [0.15, 0.2) is 71.7 Å². The molecule has 0 atom stereocenters. The highest BCUT2D eigenvalue weighted by Gasteiger charge is 2.41. The second-order valence-electron chi connectivity index (χ2n) is 6.35. The molecule has 1 aromatic heterocycles. The van der Waals surface area contributed by atoms with Crippen molar-refractivity contribution in [3.63, 3.8) is 0 Å². The molecule has 2 amide bonds. The zero-order valence-corrected chi connectivity index (χ0v) is 15.9. The Kier molecular flexibility index (Phi) is 4.90. The van der Waals surface area contributed by atoms with Crippen LogP contribution in [0.4, 0.5) is 28.9 Å². The summed E-state index contributed by atoms with van der Waals surface area (Å²) in [5, 5.41) is 4.58. The van der Waals surface area contributed by atoms with Crippen molar-refractivity contribution in [3.8, 4) is 0 Å². The molecule has 1 aliphatic heterocycles. The van der Waals surface area contributed by atoms with Crippen LogP contribution in [-0.2, 0) is 15.8 Å². The Balaban J connectivity index is 1.74. The summed E-state index contributed by atoms with van der Waals surface area (Å²) in [4.78, 5) is 27.5. The fraction of sp³-hybridized carbons (Fsp3) is 0.0476. The number of amides is 2. The van der Waals surface area contributed by atoms with Crippen LogP contribution in [0.25, 0.3) is 5.57 Å². The van der Waals surface area contributed by atoms with Gasteiger partial charge in [0, 0.05) is 10.6 Å². The molecule has 152 valence electrons. The molecule has 1 N–H and O–H groups in total. The number of imide groups is 1. The summed E-state index contributed by atoms with van der Waals surface area (Å²) in [6.45, 7) is 0. The van der Waals surface area contributed by atoms with Crippen molar-refractivity contribution >= 4 is 40.1 Å². The number of thiophene rings is 1. The van der Waals surface area contributed by atoms with Gasteiger partial charge in [0.15, 0.2) is 0 Å². The Morgan fingerprint density at radius 1 is 0.867 bits per heavy atom. The van der Waals surface area contributed by atoms with Crippen molar-refractivity contribution in [2.24, 2.45) is 0 Å². The number of nitrogens with one attached hydrogen (secondary N) is 1. The predicted octanol–water partition coefficient (Wildman–Crippen LogP) is 5.30. The minimum absolute atomic E-state index is 0.0166. The van der Waals surface area contributed by atoms with Crippen LogP contribution in [0, 0.1) is 5.82 Å². The van der Waals surface area contributed by atoms with Gasteiger partial charge in [-0.25, -0.2) is 9.29 Å². The molecule has 1 aliphatic rings. The van der Waals surface area contributed by atoms with Crippen molar-refractivity contribution < 1.29 is 27.2 Å². The number of halogens is 4. The lowest BCUT2D eigenvalue weighted by atomic mass is 10.1. The van der Waals surface area contributed by atoms with E-state index < -0.39 is 29.4 Å². The third-order valence-corrected chi connectivity index (χ3v) is 5.31. The molecule has 3 aromatic rings. The van der Waals surface area contributed by atoms with E-state index in [1.54, 1.807) is 17.5 Å². The molecular weight excluding hydrogens is 420 g/mol. The minimum Gasteiger partial charge on any atom is -0.350 e. The van der Waals surface area contributed by atoms with Gasteiger partial charge in [-0.05, 0) is 60.0 Å². The number of hydrogen-bond donors (Lipinski definition) is 1. The van der Waals surface area contributed by atoms with E-state index in [9.17, 15) is 27.2 Å². The Bertz CT molecular complexity index is 1140. The summed E-state index contributed by atoms with van der Waals surface area (Å²) >= 11 is 1.24. The maximum Gasteiger partial charge on any atom is 0.416 e. The Morgan fingerprint density at radius 3 is 2.10 bits per heavy atom. The zero-order chi connectivity index (χ0) is 21.5. The van der Waals surface area contributed by atoms with Gasteiger partial charge in [-0.1, -0.05) is 6.07 Å². The van der Waals surface area contributed by atoms with E-state index >= 15 is 0 Å². The molecule has 0 aliphatic carbocycles. The van der Waals surface area contributed by atoms with Crippen molar-refractivity contribution in [2.45, 2.75) is 6.18 Å². The lowest BCUT2D eigenvalue weighted by Crippen LogP contribution is -2.32. The zero-order valence-electron chi connectivity index (χ0n) is 15.0. The third-order valence-electron chi connectivity index (χ3n) is 4.42. The SMILES string of the molecule is O=C1C(Nc2ccc(F)cc2)=C(c2cccs2)C(=O)N1c1ccc(C(F)(F)F)cc1. The highest BCUT2D eigenvalue weighted by atomic mass is 32.1. The van der Waals surface area contributed by atoms with Crippen molar-refractivity contribution in [2.75, 3.05) is 10.2 Å². The van der Waals surface area contributed by atoms with E-state index in [1.807, 2.05) is 0 Å². The predicted molar refractivity (Wildman–Crippen MR) is 105 cm³/mol. The monoisotopic (exact) mass is 432 g/mol. The normalized spacial score (nSPS) is 14.6. The lowest BCUT2D eigenvalue weighted by Gasteiger charge is -2.16. The van der Waals surface area contributed by atoms with Gasteiger partial charge in [0.25, 0.3) is 11.8 Å². The first-order chi connectivity index (χ1) is 14.3. The number of carbonyl (C=O) groups is 2. The topological polar surface area (TPSA) is 49.4 Å². The van der Waals surface area contributed by atoms with E-state index in [2.05, 4.69) is 5.32 Å². The third kappa shape index (κ3) is 3.59. The van der Waals surface area contributed by atoms with E-state index in [1.165, 1.54) is 35.6 Å². The molecule has 30 heavy (non-hydrogen) atoms.